The Morgan fingerprint density at radius 2 is 1.74 bits per heavy atom. The van der Waals surface area contributed by atoms with Crippen molar-refractivity contribution in [3.05, 3.63) is 59.2 Å². The maximum atomic E-state index is 13.3. The SMILES string of the molecule is COc1ccc(CN2C(=O)c3ccccc3C23CCC(=O)CC3)c(OC)c1. The standard InChI is InChI=1S/C22H23NO4/c1-26-17-8-7-15(20(13-17)27-2)14-23-21(25)18-5-3-4-6-19(18)22(23)11-9-16(24)10-12-22/h3-8,13H,9-12,14H2,1-2H3. The van der Waals surface area contributed by atoms with E-state index in [0.717, 1.165) is 16.7 Å². The van der Waals surface area contributed by atoms with E-state index in [1.807, 2.05) is 47.4 Å². The molecule has 1 fully saturated rings. The number of fused-ring (bicyclic) bond motifs is 2. The molecule has 1 amide bonds. The fourth-order valence-electron chi connectivity index (χ4n) is 4.42. The van der Waals surface area contributed by atoms with E-state index in [4.69, 9.17) is 9.47 Å². The first-order valence-corrected chi connectivity index (χ1v) is 9.23. The number of hydrogen-bond acceptors (Lipinski definition) is 4. The summed E-state index contributed by atoms with van der Waals surface area (Å²) in [6.07, 6.45) is 2.37. The van der Waals surface area contributed by atoms with Crippen molar-refractivity contribution in [2.24, 2.45) is 0 Å². The molecular weight excluding hydrogens is 342 g/mol. The molecule has 1 aliphatic carbocycles. The molecule has 0 atom stereocenters. The van der Waals surface area contributed by atoms with E-state index in [9.17, 15) is 9.59 Å². The second-order valence-electron chi connectivity index (χ2n) is 7.18. The van der Waals surface area contributed by atoms with Crippen LogP contribution in [0.25, 0.3) is 0 Å². The molecule has 1 heterocycles. The zero-order chi connectivity index (χ0) is 19.0. The fraction of sp³-hybridized carbons (Fsp3) is 0.364. The first-order valence-electron chi connectivity index (χ1n) is 9.23. The third kappa shape index (κ3) is 2.78. The predicted octanol–water partition coefficient (Wildman–Crippen LogP) is 3.70. The summed E-state index contributed by atoms with van der Waals surface area (Å²) in [5, 5.41) is 0. The molecule has 4 rings (SSSR count). The summed E-state index contributed by atoms with van der Waals surface area (Å²) in [7, 11) is 3.23. The molecule has 2 aromatic carbocycles. The minimum Gasteiger partial charge on any atom is -0.497 e. The molecule has 140 valence electrons. The molecule has 0 unspecified atom stereocenters. The molecule has 27 heavy (non-hydrogen) atoms. The Hall–Kier alpha value is -2.82. The number of rotatable bonds is 4. The van der Waals surface area contributed by atoms with Gasteiger partial charge < -0.3 is 14.4 Å². The number of ketones is 1. The molecule has 0 radical (unpaired) electrons. The fourth-order valence-corrected chi connectivity index (χ4v) is 4.42. The Labute approximate surface area is 158 Å². The van der Waals surface area contributed by atoms with Crippen LogP contribution in [-0.2, 0) is 16.9 Å². The van der Waals surface area contributed by atoms with Crippen LogP contribution in [0.5, 0.6) is 11.5 Å². The number of hydrogen-bond donors (Lipinski definition) is 0. The van der Waals surface area contributed by atoms with E-state index >= 15 is 0 Å². The second-order valence-corrected chi connectivity index (χ2v) is 7.18. The lowest BCUT2D eigenvalue weighted by Crippen LogP contribution is -2.46. The molecule has 1 spiro atoms. The number of Topliss-reactive ketones (excluding diaryl/α,β-unsaturated/α-hetero) is 1. The highest BCUT2D eigenvalue weighted by Gasteiger charge is 2.50. The van der Waals surface area contributed by atoms with Crippen molar-refractivity contribution >= 4 is 11.7 Å². The van der Waals surface area contributed by atoms with Gasteiger partial charge in [-0.3, -0.25) is 9.59 Å². The van der Waals surface area contributed by atoms with Gasteiger partial charge in [0.2, 0.25) is 0 Å². The quantitative estimate of drug-likeness (QED) is 0.829. The van der Waals surface area contributed by atoms with Crippen molar-refractivity contribution in [3.63, 3.8) is 0 Å². The Morgan fingerprint density at radius 1 is 1.00 bits per heavy atom. The number of amides is 1. The van der Waals surface area contributed by atoms with Gasteiger partial charge in [-0.2, -0.15) is 0 Å². The van der Waals surface area contributed by atoms with Crippen molar-refractivity contribution in [2.45, 2.75) is 37.8 Å². The Bertz CT molecular complexity index is 895. The van der Waals surface area contributed by atoms with Crippen molar-refractivity contribution in [2.75, 3.05) is 14.2 Å². The van der Waals surface area contributed by atoms with Gasteiger partial charge in [0.25, 0.3) is 5.91 Å². The van der Waals surface area contributed by atoms with E-state index in [1.54, 1.807) is 14.2 Å². The average molecular weight is 365 g/mol. The van der Waals surface area contributed by atoms with Crippen LogP contribution in [0, 0.1) is 0 Å². The summed E-state index contributed by atoms with van der Waals surface area (Å²) >= 11 is 0. The van der Waals surface area contributed by atoms with Gasteiger partial charge in [-0.25, -0.2) is 0 Å². The largest absolute Gasteiger partial charge is 0.497 e. The van der Waals surface area contributed by atoms with E-state index in [2.05, 4.69) is 0 Å². The topological polar surface area (TPSA) is 55.8 Å². The summed E-state index contributed by atoms with van der Waals surface area (Å²) in [5.74, 6) is 1.71. The van der Waals surface area contributed by atoms with Crippen molar-refractivity contribution in [3.8, 4) is 11.5 Å². The summed E-state index contributed by atoms with van der Waals surface area (Å²) in [6, 6.07) is 13.4. The summed E-state index contributed by atoms with van der Waals surface area (Å²) in [6.45, 7) is 0.439. The van der Waals surface area contributed by atoms with Gasteiger partial charge in [-0.05, 0) is 36.6 Å². The molecule has 1 saturated carbocycles. The van der Waals surface area contributed by atoms with Gasteiger partial charge in [0.1, 0.15) is 17.3 Å². The zero-order valence-corrected chi connectivity index (χ0v) is 15.7. The first-order chi connectivity index (χ1) is 13.1. The summed E-state index contributed by atoms with van der Waals surface area (Å²) in [5.41, 5.74) is 2.32. The molecular formula is C22H23NO4. The van der Waals surface area contributed by atoms with Gasteiger partial charge in [0.15, 0.2) is 0 Å². The van der Waals surface area contributed by atoms with Gasteiger partial charge in [-0.1, -0.05) is 18.2 Å². The summed E-state index contributed by atoms with van der Waals surface area (Å²) < 4.78 is 10.8. The van der Waals surface area contributed by atoms with Crippen LogP contribution in [0.2, 0.25) is 0 Å². The number of carbonyl (C=O) groups is 2. The Kier molecular flexibility index (Phi) is 4.38. The lowest BCUT2D eigenvalue weighted by molar-refractivity contribution is -0.122. The highest BCUT2D eigenvalue weighted by molar-refractivity contribution is 6.00. The van der Waals surface area contributed by atoms with E-state index in [1.165, 1.54) is 0 Å². The zero-order valence-electron chi connectivity index (χ0n) is 15.7. The van der Waals surface area contributed by atoms with Crippen LogP contribution in [0.3, 0.4) is 0 Å². The second kappa shape index (κ2) is 6.72. The predicted molar refractivity (Wildman–Crippen MR) is 101 cm³/mol. The molecule has 2 aliphatic rings. The smallest absolute Gasteiger partial charge is 0.255 e. The Balaban J connectivity index is 1.75. The van der Waals surface area contributed by atoms with Crippen LogP contribution < -0.4 is 9.47 Å². The van der Waals surface area contributed by atoms with Crippen LogP contribution in [0.4, 0.5) is 0 Å². The molecule has 5 heteroatoms. The van der Waals surface area contributed by atoms with Crippen LogP contribution in [0.1, 0.15) is 47.2 Å². The number of nitrogens with zero attached hydrogens (tertiary/aromatic N) is 1. The van der Waals surface area contributed by atoms with Crippen molar-refractivity contribution in [1.82, 2.24) is 4.90 Å². The molecule has 0 N–H and O–H groups in total. The highest BCUT2D eigenvalue weighted by Crippen LogP contribution is 2.49. The molecule has 0 aromatic heterocycles. The van der Waals surface area contributed by atoms with E-state index in [0.29, 0.717) is 43.7 Å². The number of carbonyl (C=O) groups excluding carboxylic acids is 2. The van der Waals surface area contributed by atoms with Gasteiger partial charge in [0, 0.05) is 30.0 Å². The number of ether oxygens (including phenoxy) is 2. The monoisotopic (exact) mass is 365 g/mol. The maximum absolute atomic E-state index is 13.3. The third-order valence-electron chi connectivity index (χ3n) is 5.88. The van der Waals surface area contributed by atoms with E-state index < -0.39 is 5.54 Å². The molecule has 0 saturated heterocycles. The minimum absolute atomic E-state index is 0.0258. The van der Waals surface area contributed by atoms with Crippen LogP contribution in [-0.4, -0.2) is 30.8 Å². The first kappa shape index (κ1) is 17.6. The van der Waals surface area contributed by atoms with Gasteiger partial charge in [0.05, 0.1) is 26.3 Å². The molecule has 0 bridgehead atoms. The molecule has 2 aromatic rings. The Morgan fingerprint density at radius 3 is 2.44 bits per heavy atom. The molecule has 1 aliphatic heterocycles. The maximum Gasteiger partial charge on any atom is 0.255 e. The highest BCUT2D eigenvalue weighted by atomic mass is 16.5. The number of benzene rings is 2. The lowest BCUT2D eigenvalue weighted by atomic mass is 9.76. The lowest BCUT2D eigenvalue weighted by Gasteiger charge is -2.42. The van der Waals surface area contributed by atoms with Gasteiger partial charge >= 0.3 is 0 Å². The van der Waals surface area contributed by atoms with Crippen LogP contribution in [0.15, 0.2) is 42.5 Å². The summed E-state index contributed by atoms with van der Waals surface area (Å²) in [4.78, 5) is 27.1. The minimum atomic E-state index is -0.410. The average Bonchev–Trinajstić information content (AvgIpc) is 2.93. The van der Waals surface area contributed by atoms with E-state index in [-0.39, 0.29) is 11.7 Å². The molecule has 5 nitrogen and oxygen atoms in total. The van der Waals surface area contributed by atoms with Crippen molar-refractivity contribution in [1.29, 1.82) is 0 Å². The van der Waals surface area contributed by atoms with Crippen LogP contribution >= 0.6 is 0 Å². The van der Waals surface area contributed by atoms with Crippen molar-refractivity contribution < 1.29 is 19.1 Å². The van der Waals surface area contributed by atoms with Gasteiger partial charge in [-0.15, -0.1) is 0 Å². The normalized spacial score (nSPS) is 17.9. The number of methoxy groups -OCH3 is 2. The third-order valence-corrected chi connectivity index (χ3v) is 5.88.